The van der Waals surface area contributed by atoms with Crippen LogP contribution in [-0.2, 0) is 16.0 Å². The summed E-state index contributed by atoms with van der Waals surface area (Å²) in [6.07, 6.45) is 0.747. The molecule has 0 aromatic heterocycles. The summed E-state index contributed by atoms with van der Waals surface area (Å²) in [5, 5.41) is 6.01. The molecule has 1 N–H and O–H groups in total. The molecule has 4 rings (SSSR count). The van der Waals surface area contributed by atoms with E-state index in [0.717, 1.165) is 16.5 Å². The van der Waals surface area contributed by atoms with Crippen LogP contribution in [0.1, 0.15) is 18.9 Å². The van der Waals surface area contributed by atoms with Crippen LogP contribution in [0.5, 0.6) is 0 Å². The predicted molar refractivity (Wildman–Crippen MR) is 117 cm³/mol. The first-order valence-corrected chi connectivity index (χ1v) is 10.2. The maximum atomic E-state index is 13.1. The molecular weight excluding hydrogens is 407 g/mol. The summed E-state index contributed by atoms with van der Waals surface area (Å²) >= 11 is 12.1. The van der Waals surface area contributed by atoms with Crippen molar-refractivity contribution < 1.29 is 9.59 Å². The second kappa shape index (κ2) is 7.69. The number of halogens is 2. The molecule has 1 heterocycles. The van der Waals surface area contributed by atoms with Gasteiger partial charge in [0.25, 0.3) is 0 Å². The van der Waals surface area contributed by atoms with Crippen molar-refractivity contribution >= 4 is 51.5 Å². The van der Waals surface area contributed by atoms with Crippen LogP contribution >= 0.6 is 23.2 Å². The number of nitrogens with zero attached hydrogens (tertiary/aromatic N) is 1. The van der Waals surface area contributed by atoms with Crippen molar-refractivity contribution in [1.82, 2.24) is 4.90 Å². The number of hydrogen-bond acceptors (Lipinski definition) is 2. The molecule has 148 valence electrons. The van der Waals surface area contributed by atoms with Gasteiger partial charge in [-0.15, -0.1) is 0 Å². The van der Waals surface area contributed by atoms with Crippen molar-refractivity contribution in [2.75, 3.05) is 11.9 Å². The van der Waals surface area contributed by atoms with Crippen molar-refractivity contribution in [3.63, 3.8) is 0 Å². The van der Waals surface area contributed by atoms with Gasteiger partial charge in [-0.05, 0) is 42.5 Å². The number of likely N-dealkylation sites (tertiary alicyclic amines) is 1. The number of hydrogen-bond donors (Lipinski definition) is 1. The Kier molecular flexibility index (Phi) is 5.24. The average Bonchev–Trinajstić information content (AvgIpc) is 2.69. The molecule has 29 heavy (non-hydrogen) atoms. The number of carbonyl (C=O) groups excluding carboxylic acids is 2. The Labute approximate surface area is 179 Å². The van der Waals surface area contributed by atoms with E-state index in [1.54, 1.807) is 30.0 Å². The van der Waals surface area contributed by atoms with Crippen LogP contribution in [0.4, 0.5) is 5.69 Å². The quantitative estimate of drug-likeness (QED) is 0.613. The molecule has 2 amide bonds. The highest BCUT2D eigenvalue weighted by Gasteiger charge is 2.49. The van der Waals surface area contributed by atoms with Crippen LogP contribution in [0.2, 0.25) is 10.0 Å². The summed E-state index contributed by atoms with van der Waals surface area (Å²) in [6, 6.07) is 18.7. The molecule has 1 unspecified atom stereocenters. The van der Waals surface area contributed by atoms with Crippen molar-refractivity contribution in [2.45, 2.75) is 25.3 Å². The molecule has 0 bridgehead atoms. The lowest BCUT2D eigenvalue weighted by Gasteiger charge is -2.49. The van der Waals surface area contributed by atoms with Gasteiger partial charge in [-0.25, -0.2) is 0 Å². The number of carbonyl (C=O) groups is 2. The Bertz CT molecular complexity index is 1110. The van der Waals surface area contributed by atoms with Crippen LogP contribution in [0.25, 0.3) is 10.8 Å². The fourth-order valence-electron chi connectivity index (χ4n) is 3.71. The lowest BCUT2D eigenvalue weighted by molar-refractivity contribution is -0.154. The van der Waals surface area contributed by atoms with E-state index in [1.165, 1.54) is 0 Å². The van der Waals surface area contributed by atoms with Gasteiger partial charge in [0.05, 0.1) is 6.42 Å². The van der Waals surface area contributed by atoms with Crippen molar-refractivity contribution in [3.8, 4) is 0 Å². The summed E-state index contributed by atoms with van der Waals surface area (Å²) in [5.74, 6) is -0.313. The molecular formula is C23H20Cl2N2O2. The third-order valence-corrected chi connectivity index (χ3v) is 6.19. The Morgan fingerprint density at radius 1 is 1.07 bits per heavy atom. The average molecular weight is 427 g/mol. The molecule has 1 aliphatic rings. The number of nitrogens with one attached hydrogen (secondary N) is 1. The molecule has 0 radical (unpaired) electrons. The standard InChI is InChI=1S/C23H20Cl2N2O2/c1-23(22(29)26-20-8-4-6-15-5-2-3-7-18(15)20)11-12-27(23)21(28)13-16-9-10-17(24)14-19(16)25/h2-10,14H,11-13H2,1H3,(H,26,29). The minimum Gasteiger partial charge on any atom is -0.328 e. The predicted octanol–water partition coefficient (Wildman–Crippen LogP) is 5.32. The molecule has 1 aliphatic heterocycles. The van der Waals surface area contributed by atoms with E-state index < -0.39 is 5.54 Å². The van der Waals surface area contributed by atoms with Gasteiger partial charge in [0.15, 0.2) is 0 Å². The molecule has 3 aromatic rings. The molecule has 1 fully saturated rings. The van der Waals surface area contributed by atoms with Crippen LogP contribution in [-0.4, -0.2) is 28.8 Å². The van der Waals surface area contributed by atoms with Gasteiger partial charge in [-0.1, -0.05) is 65.7 Å². The van der Waals surface area contributed by atoms with Gasteiger partial charge in [0.2, 0.25) is 11.8 Å². The molecule has 1 atom stereocenters. The molecule has 6 heteroatoms. The molecule has 0 aliphatic carbocycles. The first kappa shape index (κ1) is 19.7. The summed E-state index contributed by atoms with van der Waals surface area (Å²) in [4.78, 5) is 27.6. The van der Waals surface area contributed by atoms with Crippen LogP contribution in [0.3, 0.4) is 0 Å². The van der Waals surface area contributed by atoms with Crippen molar-refractivity contribution in [2.24, 2.45) is 0 Å². The number of amides is 2. The zero-order valence-electron chi connectivity index (χ0n) is 15.9. The highest BCUT2D eigenvalue weighted by Crippen LogP contribution is 2.34. The third kappa shape index (κ3) is 3.70. The van der Waals surface area contributed by atoms with Crippen LogP contribution in [0.15, 0.2) is 60.7 Å². The molecule has 0 saturated carbocycles. The molecule has 1 saturated heterocycles. The van der Waals surface area contributed by atoms with E-state index in [9.17, 15) is 9.59 Å². The largest absolute Gasteiger partial charge is 0.328 e. The van der Waals surface area contributed by atoms with Gasteiger partial charge in [-0.2, -0.15) is 0 Å². The van der Waals surface area contributed by atoms with Gasteiger partial charge in [0, 0.05) is 27.7 Å². The second-order valence-electron chi connectivity index (χ2n) is 7.46. The number of anilines is 1. The van der Waals surface area contributed by atoms with E-state index in [-0.39, 0.29) is 18.2 Å². The third-order valence-electron chi connectivity index (χ3n) is 5.60. The van der Waals surface area contributed by atoms with Crippen molar-refractivity contribution in [3.05, 3.63) is 76.3 Å². The van der Waals surface area contributed by atoms with E-state index in [4.69, 9.17) is 23.2 Å². The first-order valence-electron chi connectivity index (χ1n) is 9.42. The summed E-state index contributed by atoms with van der Waals surface area (Å²) in [6.45, 7) is 2.35. The maximum absolute atomic E-state index is 13.1. The van der Waals surface area contributed by atoms with Gasteiger partial charge >= 0.3 is 0 Å². The normalized spacial score (nSPS) is 18.4. The topological polar surface area (TPSA) is 49.4 Å². The lowest BCUT2D eigenvalue weighted by atomic mass is 9.84. The molecule has 4 nitrogen and oxygen atoms in total. The summed E-state index contributed by atoms with van der Waals surface area (Å²) in [5.41, 5.74) is 0.562. The highest BCUT2D eigenvalue weighted by atomic mass is 35.5. The lowest BCUT2D eigenvalue weighted by Crippen LogP contribution is -2.66. The Balaban J connectivity index is 1.51. The van der Waals surface area contributed by atoms with Gasteiger partial charge in [-0.3, -0.25) is 9.59 Å². The summed E-state index contributed by atoms with van der Waals surface area (Å²) in [7, 11) is 0. The molecule has 0 spiro atoms. The summed E-state index contributed by atoms with van der Waals surface area (Å²) < 4.78 is 0. The maximum Gasteiger partial charge on any atom is 0.250 e. The fourth-order valence-corrected chi connectivity index (χ4v) is 4.19. The van der Waals surface area contributed by atoms with Crippen LogP contribution in [0, 0.1) is 0 Å². The number of fused-ring (bicyclic) bond motifs is 1. The van der Waals surface area contributed by atoms with Crippen LogP contribution < -0.4 is 5.32 Å². The SMILES string of the molecule is CC1(C(=O)Nc2cccc3ccccc23)CCN1C(=O)Cc1ccc(Cl)cc1Cl. The van der Waals surface area contributed by atoms with Gasteiger partial charge < -0.3 is 10.2 Å². The van der Waals surface area contributed by atoms with Crippen molar-refractivity contribution in [1.29, 1.82) is 0 Å². The van der Waals surface area contributed by atoms with E-state index in [0.29, 0.717) is 28.6 Å². The molecule has 3 aromatic carbocycles. The zero-order chi connectivity index (χ0) is 20.6. The fraction of sp³-hybridized carbons (Fsp3) is 0.217. The second-order valence-corrected chi connectivity index (χ2v) is 8.31. The Morgan fingerprint density at radius 2 is 1.83 bits per heavy atom. The van der Waals surface area contributed by atoms with E-state index >= 15 is 0 Å². The minimum absolute atomic E-state index is 0.129. The van der Waals surface area contributed by atoms with E-state index in [2.05, 4.69) is 5.32 Å². The number of rotatable bonds is 4. The zero-order valence-corrected chi connectivity index (χ0v) is 17.4. The first-order chi connectivity index (χ1) is 13.9. The minimum atomic E-state index is -0.882. The smallest absolute Gasteiger partial charge is 0.250 e. The Morgan fingerprint density at radius 3 is 2.55 bits per heavy atom. The number of benzene rings is 3. The van der Waals surface area contributed by atoms with Gasteiger partial charge in [0.1, 0.15) is 5.54 Å². The highest BCUT2D eigenvalue weighted by molar-refractivity contribution is 6.35. The Hall–Kier alpha value is -2.56. The van der Waals surface area contributed by atoms with E-state index in [1.807, 2.05) is 42.5 Å². The monoisotopic (exact) mass is 426 g/mol.